The van der Waals surface area contributed by atoms with E-state index >= 15 is 0 Å². The summed E-state index contributed by atoms with van der Waals surface area (Å²) in [6.07, 6.45) is 6.54. The van der Waals surface area contributed by atoms with Crippen LogP contribution in [-0.2, 0) is 29.0 Å². The van der Waals surface area contributed by atoms with Gasteiger partial charge in [0, 0.05) is 25.0 Å². The molecule has 0 spiro atoms. The molecule has 1 saturated carbocycles. The van der Waals surface area contributed by atoms with Crippen LogP contribution in [0.25, 0.3) is 0 Å². The highest BCUT2D eigenvalue weighted by atomic mass is 16.5. The van der Waals surface area contributed by atoms with E-state index in [1.807, 2.05) is 12.1 Å². The number of anilines is 1. The van der Waals surface area contributed by atoms with Crippen molar-refractivity contribution in [3.63, 3.8) is 0 Å². The van der Waals surface area contributed by atoms with Gasteiger partial charge in [-0.25, -0.2) is 0 Å². The largest absolute Gasteiger partial charge is 0.497 e. The Bertz CT molecular complexity index is 1890. The normalized spacial score (nSPS) is 20.9. The van der Waals surface area contributed by atoms with Gasteiger partial charge in [0.05, 0.1) is 31.0 Å². The Hall–Kier alpha value is -5.51. The minimum Gasteiger partial charge on any atom is -0.497 e. The maximum absolute atomic E-state index is 15.0. The third-order valence-corrected chi connectivity index (χ3v) is 10.4. The van der Waals surface area contributed by atoms with Crippen molar-refractivity contribution in [3.05, 3.63) is 119 Å². The number of carbonyl (C=O) groups is 4. The van der Waals surface area contributed by atoms with Crippen molar-refractivity contribution in [1.29, 1.82) is 0 Å². The van der Waals surface area contributed by atoms with Crippen LogP contribution in [0.4, 0.5) is 5.69 Å². The fraction of sp³-hybridized carbons (Fsp3) is 0.308. The summed E-state index contributed by atoms with van der Waals surface area (Å²) in [4.78, 5) is 63.3. The number of fused-ring (bicyclic) bond motifs is 3. The number of nitrogens with zero attached hydrogens (tertiary/aromatic N) is 3. The molecule has 0 saturated heterocycles. The third-order valence-electron chi connectivity index (χ3n) is 10.4. The zero-order chi connectivity index (χ0) is 34.1. The van der Waals surface area contributed by atoms with Crippen LogP contribution in [-0.4, -0.2) is 64.7 Å². The average molecular weight is 659 g/mol. The Morgan fingerprint density at radius 3 is 2.24 bits per heavy atom. The first-order valence-corrected chi connectivity index (χ1v) is 16.6. The molecule has 10 nitrogen and oxygen atoms in total. The number of hydrogen-bond acceptors (Lipinski definition) is 7. The Morgan fingerprint density at radius 2 is 1.59 bits per heavy atom. The van der Waals surface area contributed by atoms with E-state index in [0.717, 1.165) is 29.7 Å². The summed E-state index contributed by atoms with van der Waals surface area (Å²) in [5.41, 5.74) is 2.97. The molecule has 1 aliphatic heterocycles. The maximum Gasteiger partial charge on any atom is 0.262 e. The quantitative estimate of drug-likeness (QED) is 0.242. The van der Waals surface area contributed by atoms with Crippen molar-refractivity contribution in [1.82, 2.24) is 14.8 Å². The lowest BCUT2D eigenvalue weighted by atomic mass is 9.62. The fourth-order valence-electron chi connectivity index (χ4n) is 7.86. The molecule has 3 atom stereocenters. The number of hydrogen-bond donors (Lipinski definition) is 1. The fourth-order valence-corrected chi connectivity index (χ4v) is 7.86. The number of ether oxygens (including phenoxy) is 2. The number of benzene rings is 3. The molecule has 3 aliphatic rings. The van der Waals surface area contributed by atoms with Gasteiger partial charge in [-0.2, -0.15) is 0 Å². The summed E-state index contributed by atoms with van der Waals surface area (Å²) in [5, 5.41) is 3.11. The number of aromatic nitrogens is 1. The smallest absolute Gasteiger partial charge is 0.262 e. The molecule has 3 aromatic carbocycles. The van der Waals surface area contributed by atoms with Crippen LogP contribution in [0.15, 0.2) is 91.3 Å². The SMILES string of the molecule is COc1ccc(NC(=O)[C@]2(N(Cc3cccnc3)C(=O)CN3C(=O)c4ccccc4C3=O)CC[C@@H]3Cc4ccccc4C[C@H]3C2)c(OC)c1. The molecule has 4 amide bonds. The lowest BCUT2D eigenvalue weighted by Gasteiger charge is -2.51. The van der Waals surface area contributed by atoms with Crippen LogP contribution in [0, 0.1) is 11.8 Å². The molecule has 1 aromatic heterocycles. The molecule has 7 rings (SSSR count). The van der Waals surface area contributed by atoms with Crippen molar-refractivity contribution in [2.75, 3.05) is 26.1 Å². The highest BCUT2D eigenvalue weighted by Gasteiger charge is 2.53. The van der Waals surface area contributed by atoms with E-state index < -0.39 is 29.8 Å². The molecule has 1 fully saturated rings. The van der Waals surface area contributed by atoms with Gasteiger partial charge in [-0.15, -0.1) is 0 Å². The Labute approximate surface area is 285 Å². The molecule has 250 valence electrons. The number of imide groups is 1. The van der Waals surface area contributed by atoms with Crippen LogP contribution >= 0.6 is 0 Å². The van der Waals surface area contributed by atoms with Gasteiger partial charge in [0.2, 0.25) is 11.8 Å². The highest BCUT2D eigenvalue weighted by Crippen LogP contribution is 2.47. The number of rotatable bonds is 9. The van der Waals surface area contributed by atoms with Crippen LogP contribution < -0.4 is 14.8 Å². The number of amides is 4. The van der Waals surface area contributed by atoms with Crippen LogP contribution in [0.3, 0.4) is 0 Å². The first-order valence-electron chi connectivity index (χ1n) is 16.6. The van der Waals surface area contributed by atoms with Crippen molar-refractivity contribution < 1.29 is 28.7 Å². The zero-order valence-corrected chi connectivity index (χ0v) is 27.6. The van der Waals surface area contributed by atoms with E-state index in [1.165, 1.54) is 18.2 Å². The molecule has 1 N–H and O–H groups in total. The minimum atomic E-state index is -1.32. The predicted octanol–water partition coefficient (Wildman–Crippen LogP) is 5.32. The predicted molar refractivity (Wildman–Crippen MR) is 182 cm³/mol. The van der Waals surface area contributed by atoms with E-state index in [4.69, 9.17) is 9.47 Å². The lowest BCUT2D eigenvalue weighted by Crippen LogP contribution is -2.63. The van der Waals surface area contributed by atoms with E-state index in [0.29, 0.717) is 35.9 Å². The van der Waals surface area contributed by atoms with Crippen molar-refractivity contribution in [2.45, 2.75) is 44.2 Å². The van der Waals surface area contributed by atoms with Gasteiger partial charge in [-0.05, 0) is 91.0 Å². The van der Waals surface area contributed by atoms with Crippen LogP contribution in [0.5, 0.6) is 11.5 Å². The molecule has 0 unspecified atom stereocenters. The molecular formula is C39H38N4O6. The second-order valence-electron chi connectivity index (χ2n) is 13.1. The molecule has 0 radical (unpaired) electrons. The second kappa shape index (κ2) is 13.2. The first kappa shape index (κ1) is 32.1. The van der Waals surface area contributed by atoms with Crippen molar-refractivity contribution in [3.8, 4) is 11.5 Å². The lowest BCUT2D eigenvalue weighted by molar-refractivity contribution is -0.151. The highest BCUT2D eigenvalue weighted by molar-refractivity contribution is 6.22. The third kappa shape index (κ3) is 5.92. The van der Waals surface area contributed by atoms with E-state index in [1.54, 1.807) is 72.9 Å². The Morgan fingerprint density at radius 1 is 0.898 bits per heavy atom. The molecule has 10 heteroatoms. The van der Waals surface area contributed by atoms with Crippen molar-refractivity contribution >= 4 is 29.3 Å². The number of pyridine rings is 1. The monoisotopic (exact) mass is 658 g/mol. The maximum atomic E-state index is 15.0. The number of methoxy groups -OCH3 is 2. The average Bonchev–Trinajstić information content (AvgIpc) is 3.37. The molecular weight excluding hydrogens is 620 g/mol. The van der Waals surface area contributed by atoms with Gasteiger partial charge in [0.15, 0.2) is 0 Å². The molecule has 4 aromatic rings. The van der Waals surface area contributed by atoms with Crippen LogP contribution in [0.1, 0.15) is 56.7 Å². The van der Waals surface area contributed by atoms with Crippen molar-refractivity contribution in [2.24, 2.45) is 11.8 Å². The number of nitrogens with one attached hydrogen (secondary N) is 1. The number of carbonyl (C=O) groups excluding carboxylic acids is 4. The summed E-state index contributed by atoms with van der Waals surface area (Å²) >= 11 is 0. The Kier molecular flexibility index (Phi) is 8.62. The van der Waals surface area contributed by atoms with Gasteiger partial charge in [-0.3, -0.25) is 29.1 Å². The van der Waals surface area contributed by atoms with E-state index in [-0.39, 0.29) is 29.5 Å². The standard InChI is InChI=1S/C39H38N4O6/c1-48-30-13-14-33(34(20-30)49-2)41-38(47)39(16-15-28-18-26-9-3-4-10-27(26)19-29(28)21-39)43(23-25-8-7-17-40-22-25)35(44)24-42-36(45)31-11-5-6-12-32(31)37(42)46/h3-14,17,20,22,28-29H,15-16,18-19,21,23-24H2,1-2H3,(H,41,47)/t28-,29+,39+/m1/s1. The Balaban J connectivity index is 1.29. The first-order chi connectivity index (χ1) is 23.8. The summed E-state index contributed by atoms with van der Waals surface area (Å²) in [5.74, 6) is -0.445. The molecule has 0 bridgehead atoms. The minimum absolute atomic E-state index is 0.0665. The van der Waals surface area contributed by atoms with Crippen LogP contribution in [0.2, 0.25) is 0 Å². The van der Waals surface area contributed by atoms with E-state index in [2.05, 4.69) is 28.5 Å². The molecule has 49 heavy (non-hydrogen) atoms. The topological polar surface area (TPSA) is 118 Å². The second-order valence-corrected chi connectivity index (χ2v) is 13.1. The zero-order valence-electron chi connectivity index (χ0n) is 27.6. The summed E-state index contributed by atoms with van der Waals surface area (Å²) < 4.78 is 11.0. The summed E-state index contributed by atoms with van der Waals surface area (Å²) in [7, 11) is 3.07. The van der Waals surface area contributed by atoms with Gasteiger partial charge in [0.25, 0.3) is 11.8 Å². The molecule has 2 aliphatic carbocycles. The summed E-state index contributed by atoms with van der Waals surface area (Å²) in [6, 6.07) is 23.8. The summed E-state index contributed by atoms with van der Waals surface area (Å²) in [6.45, 7) is -0.429. The van der Waals surface area contributed by atoms with Gasteiger partial charge >= 0.3 is 0 Å². The van der Waals surface area contributed by atoms with Gasteiger partial charge in [0.1, 0.15) is 23.6 Å². The van der Waals surface area contributed by atoms with Gasteiger partial charge < -0.3 is 19.7 Å². The van der Waals surface area contributed by atoms with Gasteiger partial charge in [-0.1, -0.05) is 42.5 Å². The van der Waals surface area contributed by atoms with E-state index in [9.17, 15) is 19.2 Å². The molecule has 2 heterocycles.